The van der Waals surface area contributed by atoms with E-state index in [0.29, 0.717) is 31.3 Å². The smallest absolute Gasteiger partial charge is 0.326 e. The van der Waals surface area contributed by atoms with Crippen LogP contribution >= 0.6 is 0 Å². The highest BCUT2D eigenvalue weighted by atomic mass is 16.4. The fraction of sp³-hybridized carbons (Fsp3) is 0.875. The van der Waals surface area contributed by atoms with Crippen molar-refractivity contribution in [1.29, 1.82) is 0 Å². The fourth-order valence-corrected chi connectivity index (χ4v) is 4.17. The Hall–Kier alpha value is -1.10. The Morgan fingerprint density at radius 1 is 1.33 bits per heavy atom. The average Bonchev–Trinajstić information content (AvgIpc) is 2.96. The maximum atomic E-state index is 12.5. The largest absolute Gasteiger partial charge is 0.480 e. The molecule has 4 atom stereocenters. The summed E-state index contributed by atoms with van der Waals surface area (Å²) in [6.45, 7) is 5.35. The van der Waals surface area contributed by atoms with E-state index >= 15 is 0 Å². The molecule has 3 unspecified atom stereocenters. The highest BCUT2D eigenvalue weighted by Gasteiger charge is 2.49. The van der Waals surface area contributed by atoms with Gasteiger partial charge in [-0.25, -0.2) is 4.79 Å². The summed E-state index contributed by atoms with van der Waals surface area (Å²) in [5.74, 6) is 0.343. The van der Waals surface area contributed by atoms with Gasteiger partial charge in [-0.05, 0) is 49.5 Å². The molecule has 0 aromatic rings. The Labute approximate surface area is 126 Å². The van der Waals surface area contributed by atoms with Gasteiger partial charge in [0, 0.05) is 13.0 Å². The van der Waals surface area contributed by atoms with Crippen molar-refractivity contribution in [2.75, 3.05) is 13.1 Å². The maximum Gasteiger partial charge on any atom is 0.326 e. The van der Waals surface area contributed by atoms with Gasteiger partial charge in [-0.1, -0.05) is 20.3 Å². The van der Waals surface area contributed by atoms with Gasteiger partial charge in [-0.15, -0.1) is 0 Å². The van der Waals surface area contributed by atoms with Crippen LogP contribution in [0.3, 0.4) is 0 Å². The predicted molar refractivity (Wildman–Crippen MR) is 80.6 cm³/mol. The molecule has 120 valence electrons. The number of carboxylic acids is 1. The van der Waals surface area contributed by atoms with E-state index in [2.05, 4.69) is 13.8 Å². The number of nitrogens with two attached hydrogens (primary N) is 1. The van der Waals surface area contributed by atoms with Gasteiger partial charge in [0.05, 0.1) is 0 Å². The Morgan fingerprint density at radius 2 is 2.05 bits per heavy atom. The number of hydrogen-bond donors (Lipinski definition) is 2. The number of hydrogen-bond acceptors (Lipinski definition) is 3. The Morgan fingerprint density at radius 3 is 2.62 bits per heavy atom. The molecule has 0 radical (unpaired) electrons. The van der Waals surface area contributed by atoms with E-state index < -0.39 is 12.0 Å². The van der Waals surface area contributed by atoms with Gasteiger partial charge < -0.3 is 15.7 Å². The van der Waals surface area contributed by atoms with Crippen LogP contribution in [0, 0.1) is 23.7 Å². The molecule has 2 fully saturated rings. The normalized spacial score (nSPS) is 29.7. The molecule has 2 rings (SSSR count). The molecule has 1 saturated carbocycles. The standard InChI is InChI=1S/C16H28N2O3/c1-10(2)6-11(8-17)7-14(19)18-9-12-4-3-5-13(12)15(18)16(20)21/h10-13,15H,3-9,17H2,1-2H3,(H,20,21)/t11-,12?,13?,15?/m0/s1. The van der Waals surface area contributed by atoms with E-state index in [1.807, 2.05) is 0 Å². The number of carbonyl (C=O) groups excluding carboxylic acids is 1. The van der Waals surface area contributed by atoms with Crippen molar-refractivity contribution >= 4 is 11.9 Å². The molecule has 1 aliphatic heterocycles. The molecular formula is C16H28N2O3. The lowest BCUT2D eigenvalue weighted by atomic mass is 9.93. The zero-order valence-corrected chi connectivity index (χ0v) is 13.1. The van der Waals surface area contributed by atoms with Gasteiger partial charge in [-0.3, -0.25) is 4.79 Å². The van der Waals surface area contributed by atoms with E-state index in [1.54, 1.807) is 4.90 Å². The number of carboxylic acid groups (broad SMARTS) is 1. The number of nitrogens with zero attached hydrogens (tertiary/aromatic N) is 1. The Balaban J connectivity index is 2.02. The SMILES string of the molecule is CC(C)C[C@H](CN)CC(=O)N1CC2CCCC2C1C(=O)O. The van der Waals surface area contributed by atoms with Gasteiger partial charge >= 0.3 is 5.97 Å². The third kappa shape index (κ3) is 3.57. The van der Waals surface area contributed by atoms with Gasteiger partial charge in [0.1, 0.15) is 6.04 Å². The van der Waals surface area contributed by atoms with Gasteiger partial charge in [-0.2, -0.15) is 0 Å². The zero-order valence-electron chi connectivity index (χ0n) is 13.1. The minimum absolute atomic E-state index is 0.0205. The van der Waals surface area contributed by atoms with Crippen LogP contribution in [0.5, 0.6) is 0 Å². The van der Waals surface area contributed by atoms with Crippen molar-refractivity contribution in [2.45, 2.75) is 52.0 Å². The molecule has 2 aliphatic rings. The Kier molecular flexibility index (Phi) is 5.25. The monoisotopic (exact) mass is 296 g/mol. The minimum atomic E-state index is -0.842. The van der Waals surface area contributed by atoms with Crippen LogP contribution in [-0.2, 0) is 9.59 Å². The first-order valence-electron chi connectivity index (χ1n) is 8.16. The quantitative estimate of drug-likeness (QED) is 0.781. The van der Waals surface area contributed by atoms with Crippen molar-refractivity contribution < 1.29 is 14.7 Å². The second kappa shape index (κ2) is 6.77. The molecule has 1 aliphatic carbocycles. The number of fused-ring (bicyclic) bond motifs is 1. The van der Waals surface area contributed by atoms with Crippen molar-refractivity contribution in [3.05, 3.63) is 0 Å². The molecule has 0 bridgehead atoms. The molecule has 1 amide bonds. The Bertz CT molecular complexity index is 397. The van der Waals surface area contributed by atoms with Crippen LogP contribution in [0.15, 0.2) is 0 Å². The molecule has 5 heteroatoms. The number of aliphatic carboxylic acids is 1. The third-order valence-corrected chi connectivity index (χ3v) is 5.07. The zero-order chi connectivity index (χ0) is 15.6. The summed E-state index contributed by atoms with van der Waals surface area (Å²) in [5, 5.41) is 9.50. The third-order valence-electron chi connectivity index (χ3n) is 5.07. The van der Waals surface area contributed by atoms with Crippen molar-refractivity contribution in [3.63, 3.8) is 0 Å². The lowest BCUT2D eigenvalue weighted by molar-refractivity contribution is -0.150. The summed E-state index contributed by atoms with van der Waals surface area (Å²) in [6, 6.07) is -0.609. The minimum Gasteiger partial charge on any atom is -0.480 e. The number of likely N-dealkylation sites (tertiary alicyclic amines) is 1. The second-order valence-corrected chi connectivity index (χ2v) is 7.12. The topological polar surface area (TPSA) is 83.6 Å². The van der Waals surface area contributed by atoms with E-state index in [4.69, 9.17) is 5.73 Å². The number of rotatable bonds is 6. The van der Waals surface area contributed by atoms with Crippen LogP contribution in [-0.4, -0.2) is 41.0 Å². The molecule has 3 N–H and O–H groups in total. The van der Waals surface area contributed by atoms with Gasteiger partial charge in [0.25, 0.3) is 0 Å². The summed E-state index contributed by atoms with van der Waals surface area (Å²) in [7, 11) is 0. The van der Waals surface area contributed by atoms with Crippen LogP contribution in [0.4, 0.5) is 0 Å². The van der Waals surface area contributed by atoms with E-state index in [-0.39, 0.29) is 17.7 Å². The van der Waals surface area contributed by atoms with Crippen molar-refractivity contribution in [2.24, 2.45) is 29.4 Å². The number of carbonyl (C=O) groups is 2. The molecule has 1 saturated heterocycles. The first-order chi connectivity index (χ1) is 9.93. The summed E-state index contributed by atoms with van der Waals surface area (Å²) in [4.78, 5) is 25.7. The van der Waals surface area contributed by atoms with E-state index in [0.717, 1.165) is 25.7 Å². The van der Waals surface area contributed by atoms with Crippen LogP contribution in [0.2, 0.25) is 0 Å². The van der Waals surface area contributed by atoms with Crippen molar-refractivity contribution in [3.8, 4) is 0 Å². The maximum absolute atomic E-state index is 12.5. The summed E-state index contributed by atoms with van der Waals surface area (Å²) in [6.07, 6.45) is 4.40. The molecule has 5 nitrogen and oxygen atoms in total. The first kappa shape index (κ1) is 16.3. The van der Waals surface area contributed by atoms with E-state index in [1.165, 1.54) is 0 Å². The molecule has 0 aromatic heterocycles. The predicted octanol–water partition coefficient (Wildman–Crippen LogP) is 1.71. The summed E-state index contributed by atoms with van der Waals surface area (Å²) in [5.41, 5.74) is 5.77. The lowest BCUT2D eigenvalue weighted by Gasteiger charge is -2.26. The van der Waals surface area contributed by atoms with Crippen LogP contribution in [0.1, 0.15) is 46.0 Å². The van der Waals surface area contributed by atoms with Crippen LogP contribution < -0.4 is 5.73 Å². The molecule has 0 spiro atoms. The highest BCUT2D eigenvalue weighted by Crippen LogP contribution is 2.42. The van der Waals surface area contributed by atoms with E-state index in [9.17, 15) is 14.7 Å². The molecule has 0 aromatic carbocycles. The highest BCUT2D eigenvalue weighted by molar-refractivity contribution is 5.85. The second-order valence-electron chi connectivity index (χ2n) is 7.12. The lowest BCUT2D eigenvalue weighted by Crippen LogP contribution is -2.44. The number of amides is 1. The first-order valence-corrected chi connectivity index (χ1v) is 8.16. The summed E-state index contributed by atoms with van der Waals surface area (Å²) >= 11 is 0. The van der Waals surface area contributed by atoms with Gasteiger partial charge in [0.15, 0.2) is 0 Å². The average molecular weight is 296 g/mol. The fourth-order valence-electron chi connectivity index (χ4n) is 4.17. The van der Waals surface area contributed by atoms with Crippen molar-refractivity contribution in [1.82, 2.24) is 4.90 Å². The van der Waals surface area contributed by atoms with Crippen LogP contribution in [0.25, 0.3) is 0 Å². The summed E-state index contributed by atoms with van der Waals surface area (Å²) < 4.78 is 0. The molecule has 1 heterocycles. The molecular weight excluding hydrogens is 268 g/mol. The van der Waals surface area contributed by atoms with Gasteiger partial charge in [0.2, 0.25) is 5.91 Å². The molecule has 21 heavy (non-hydrogen) atoms.